The maximum Gasteiger partial charge on any atom is 0.277 e. The van der Waals surface area contributed by atoms with E-state index >= 15 is 0 Å². The van der Waals surface area contributed by atoms with Crippen molar-refractivity contribution in [2.24, 2.45) is 0 Å². The Hall–Kier alpha value is -3.13. The second kappa shape index (κ2) is 6.55. The zero-order valence-corrected chi connectivity index (χ0v) is 12.4. The zero-order chi connectivity index (χ0) is 16.1. The van der Waals surface area contributed by atoms with Crippen molar-refractivity contribution in [3.63, 3.8) is 0 Å². The highest BCUT2D eigenvalue weighted by atomic mass is 16.6. The lowest BCUT2D eigenvalue weighted by molar-refractivity contribution is -0.385. The predicted octanol–water partition coefficient (Wildman–Crippen LogP) is 3.70. The Morgan fingerprint density at radius 1 is 1.14 bits per heavy atom. The Morgan fingerprint density at radius 2 is 1.82 bits per heavy atom. The SMILES string of the molecule is CN(C)c1ccc(/C=C/c2ccc(C#N)cc2[N+](=O)[O-])cc1. The lowest BCUT2D eigenvalue weighted by atomic mass is 10.1. The fourth-order valence-corrected chi connectivity index (χ4v) is 1.98. The summed E-state index contributed by atoms with van der Waals surface area (Å²) in [4.78, 5) is 12.6. The molecule has 5 heteroatoms. The maximum absolute atomic E-state index is 11.1. The second-order valence-electron chi connectivity index (χ2n) is 4.96. The molecule has 5 nitrogen and oxygen atoms in total. The minimum absolute atomic E-state index is 0.0692. The third-order valence-electron chi connectivity index (χ3n) is 3.22. The summed E-state index contributed by atoms with van der Waals surface area (Å²) >= 11 is 0. The van der Waals surface area contributed by atoms with E-state index in [4.69, 9.17) is 5.26 Å². The second-order valence-corrected chi connectivity index (χ2v) is 4.96. The first-order valence-corrected chi connectivity index (χ1v) is 6.65. The summed E-state index contributed by atoms with van der Waals surface area (Å²) in [6.45, 7) is 0. The Kier molecular flexibility index (Phi) is 4.54. The molecule has 0 heterocycles. The fraction of sp³-hybridized carbons (Fsp3) is 0.118. The Bertz CT molecular complexity index is 756. The van der Waals surface area contributed by atoms with Crippen LogP contribution in [0, 0.1) is 21.4 Å². The number of benzene rings is 2. The fourth-order valence-electron chi connectivity index (χ4n) is 1.98. The summed E-state index contributed by atoms with van der Waals surface area (Å²) in [6, 6.07) is 14.2. The van der Waals surface area contributed by atoms with Gasteiger partial charge in [-0.25, -0.2) is 0 Å². The van der Waals surface area contributed by atoms with E-state index in [1.54, 1.807) is 18.2 Å². The summed E-state index contributed by atoms with van der Waals surface area (Å²) in [5, 5.41) is 19.9. The first kappa shape index (κ1) is 15.3. The van der Waals surface area contributed by atoms with Crippen LogP contribution in [0.5, 0.6) is 0 Å². The molecule has 0 spiro atoms. The molecule has 0 aliphatic carbocycles. The summed E-state index contributed by atoms with van der Waals surface area (Å²) < 4.78 is 0. The standard InChI is InChI=1S/C17H15N3O2/c1-19(2)16-9-5-13(6-10-16)3-7-15-8-4-14(12-18)11-17(15)20(21)22/h3-11H,1-2H3/b7-3+. The van der Waals surface area contributed by atoms with Crippen LogP contribution in [-0.2, 0) is 0 Å². The molecule has 0 bridgehead atoms. The molecule has 0 aliphatic heterocycles. The normalized spacial score (nSPS) is 10.4. The molecule has 0 saturated heterocycles. The first-order valence-electron chi connectivity index (χ1n) is 6.65. The van der Waals surface area contributed by atoms with Gasteiger partial charge in [-0.2, -0.15) is 5.26 Å². The molecule has 0 radical (unpaired) electrons. The highest BCUT2D eigenvalue weighted by Gasteiger charge is 2.12. The van der Waals surface area contributed by atoms with Crippen molar-refractivity contribution >= 4 is 23.5 Å². The molecule has 0 atom stereocenters. The van der Waals surface area contributed by atoms with E-state index in [1.807, 2.05) is 55.4 Å². The number of nitriles is 1. The molecular weight excluding hydrogens is 278 g/mol. The average Bonchev–Trinajstić information content (AvgIpc) is 2.53. The van der Waals surface area contributed by atoms with Gasteiger partial charge in [0.1, 0.15) is 0 Å². The van der Waals surface area contributed by atoms with E-state index in [2.05, 4.69) is 0 Å². The van der Waals surface area contributed by atoms with E-state index in [9.17, 15) is 10.1 Å². The minimum Gasteiger partial charge on any atom is -0.378 e. The van der Waals surface area contributed by atoms with Crippen molar-refractivity contribution in [1.29, 1.82) is 5.26 Å². The minimum atomic E-state index is -0.477. The van der Waals surface area contributed by atoms with Crippen LogP contribution in [0.4, 0.5) is 11.4 Å². The maximum atomic E-state index is 11.1. The number of rotatable bonds is 4. The monoisotopic (exact) mass is 293 g/mol. The van der Waals surface area contributed by atoms with E-state index < -0.39 is 4.92 Å². The molecule has 0 unspecified atom stereocenters. The van der Waals surface area contributed by atoms with Gasteiger partial charge in [-0.3, -0.25) is 10.1 Å². The Labute approximate surface area is 128 Å². The van der Waals surface area contributed by atoms with Crippen molar-refractivity contribution in [3.8, 4) is 6.07 Å². The topological polar surface area (TPSA) is 70.2 Å². The molecule has 0 fully saturated rings. The third kappa shape index (κ3) is 3.49. The lowest BCUT2D eigenvalue weighted by Crippen LogP contribution is -2.07. The van der Waals surface area contributed by atoms with Gasteiger partial charge in [0, 0.05) is 25.8 Å². The number of hydrogen-bond donors (Lipinski definition) is 0. The largest absolute Gasteiger partial charge is 0.378 e. The van der Waals surface area contributed by atoms with Crippen LogP contribution in [0.3, 0.4) is 0 Å². The van der Waals surface area contributed by atoms with Crippen molar-refractivity contribution < 1.29 is 4.92 Å². The quantitative estimate of drug-likeness (QED) is 0.489. The molecule has 110 valence electrons. The summed E-state index contributed by atoms with van der Waals surface area (Å²) in [6.07, 6.45) is 3.50. The Morgan fingerprint density at radius 3 is 2.36 bits per heavy atom. The van der Waals surface area contributed by atoms with Crippen molar-refractivity contribution in [3.05, 3.63) is 69.3 Å². The van der Waals surface area contributed by atoms with Crippen LogP contribution >= 0.6 is 0 Å². The molecule has 22 heavy (non-hydrogen) atoms. The van der Waals surface area contributed by atoms with Crippen LogP contribution in [0.25, 0.3) is 12.2 Å². The number of anilines is 1. The summed E-state index contributed by atoms with van der Waals surface area (Å²) in [5.74, 6) is 0. The van der Waals surface area contributed by atoms with Crippen LogP contribution in [-0.4, -0.2) is 19.0 Å². The van der Waals surface area contributed by atoms with Crippen LogP contribution in [0.1, 0.15) is 16.7 Å². The van der Waals surface area contributed by atoms with E-state index in [0.717, 1.165) is 11.3 Å². The molecule has 0 saturated carbocycles. The van der Waals surface area contributed by atoms with Crippen LogP contribution < -0.4 is 4.90 Å². The average molecular weight is 293 g/mol. The van der Waals surface area contributed by atoms with E-state index in [0.29, 0.717) is 5.56 Å². The molecule has 0 amide bonds. The molecule has 0 N–H and O–H groups in total. The number of hydrogen-bond acceptors (Lipinski definition) is 4. The van der Waals surface area contributed by atoms with Gasteiger partial charge in [-0.1, -0.05) is 18.2 Å². The van der Waals surface area contributed by atoms with Gasteiger partial charge in [0.2, 0.25) is 0 Å². The molecule has 2 aromatic rings. The van der Waals surface area contributed by atoms with E-state index in [1.165, 1.54) is 6.07 Å². The Balaban J connectivity index is 2.30. The third-order valence-corrected chi connectivity index (χ3v) is 3.22. The lowest BCUT2D eigenvalue weighted by Gasteiger charge is -2.11. The summed E-state index contributed by atoms with van der Waals surface area (Å²) in [7, 11) is 3.93. The van der Waals surface area contributed by atoms with Gasteiger partial charge < -0.3 is 4.90 Å². The van der Waals surface area contributed by atoms with Gasteiger partial charge >= 0.3 is 0 Å². The number of nitro groups is 1. The van der Waals surface area contributed by atoms with Gasteiger partial charge in [-0.05, 0) is 35.9 Å². The molecule has 0 aliphatic rings. The molecule has 0 aromatic heterocycles. The number of nitro benzene ring substituents is 1. The zero-order valence-electron chi connectivity index (χ0n) is 12.4. The molecule has 2 aromatic carbocycles. The van der Waals surface area contributed by atoms with Crippen molar-refractivity contribution in [1.82, 2.24) is 0 Å². The predicted molar refractivity (Wildman–Crippen MR) is 87.5 cm³/mol. The van der Waals surface area contributed by atoms with Gasteiger partial charge in [-0.15, -0.1) is 0 Å². The van der Waals surface area contributed by atoms with Crippen LogP contribution in [0.2, 0.25) is 0 Å². The summed E-state index contributed by atoms with van der Waals surface area (Å²) in [5.41, 5.74) is 2.71. The first-order chi connectivity index (χ1) is 10.5. The highest BCUT2D eigenvalue weighted by Crippen LogP contribution is 2.23. The molecule has 2 rings (SSSR count). The van der Waals surface area contributed by atoms with Crippen molar-refractivity contribution in [2.75, 3.05) is 19.0 Å². The molecular formula is C17H15N3O2. The number of nitrogens with zero attached hydrogens (tertiary/aromatic N) is 3. The van der Waals surface area contributed by atoms with Crippen molar-refractivity contribution in [2.45, 2.75) is 0 Å². The van der Waals surface area contributed by atoms with E-state index in [-0.39, 0.29) is 11.3 Å². The van der Waals surface area contributed by atoms with Crippen LogP contribution in [0.15, 0.2) is 42.5 Å². The van der Waals surface area contributed by atoms with Gasteiger partial charge in [0.15, 0.2) is 0 Å². The van der Waals surface area contributed by atoms with Gasteiger partial charge in [0.05, 0.1) is 22.1 Å². The smallest absolute Gasteiger partial charge is 0.277 e. The van der Waals surface area contributed by atoms with Gasteiger partial charge in [0.25, 0.3) is 5.69 Å². The highest BCUT2D eigenvalue weighted by molar-refractivity contribution is 5.75.